The molecule has 2 aliphatic rings. The van der Waals surface area contributed by atoms with Crippen LogP contribution in [0.3, 0.4) is 0 Å². The van der Waals surface area contributed by atoms with E-state index in [0.29, 0.717) is 34.1 Å². The van der Waals surface area contributed by atoms with Crippen molar-refractivity contribution in [2.45, 2.75) is 45.1 Å². The first kappa shape index (κ1) is 21.6. The van der Waals surface area contributed by atoms with Gasteiger partial charge in [-0.25, -0.2) is 4.39 Å². The van der Waals surface area contributed by atoms with E-state index in [4.69, 9.17) is 4.74 Å². The fourth-order valence-electron chi connectivity index (χ4n) is 4.92. The fourth-order valence-corrected chi connectivity index (χ4v) is 5.60. The number of aryl methyl sites for hydroxylation is 1. The van der Waals surface area contributed by atoms with E-state index in [1.54, 1.807) is 0 Å². The maximum Gasteiger partial charge on any atom is 0.147 e. The van der Waals surface area contributed by atoms with Crippen LogP contribution in [-0.4, -0.2) is 58.2 Å². The highest BCUT2D eigenvalue weighted by Gasteiger charge is 2.30. The molecular weight excluding hydrogens is 427 g/mol. The summed E-state index contributed by atoms with van der Waals surface area (Å²) in [5.74, 6) is 0.00282. The van der Waals surface area contributed by atoms with Gasteiger partial charge in [-0.1, -0.05) is 11.3 Å². The Morgan fingerprint density at radius 3 is 2.66 bits per heavy atom. The van der Waals surface area contributed by atoms with Crippen molar-refractivity contribution in [2.24, 2.45) is 5.92 Å². The Labute approximate surface area is 190 Å². The second-order valence-electron chi connectivity index (χ2n) is 8.78. The molecule has 168 valence electrons. The summed E-state index contributed by atoms with van der Waals surface area (Å²) in [4.78, 5) is 19.9. The van der Waals surface area contributed by atoms with Gasteiger partial charge in [0.1, 0.15) is 21.6 Å². The molecule has 1 aromatic carbocycles. The Hall–Kier alpha value is -2.29. The maximum absolute atomic E-state index is 14.7. The van der Waals surface area contributed by atoms with Crippen LogP contribution in [0.5, 0.6) is 0 Å². The molecule has 1 saturated carbocycles. The second-order valence-corrected chi connectivity index (χ2v) is 9.96. The van der Waals surface area contributed by atoms with E-state index in [9.17, 15) is 9.18 Å². The Morgan fingerprint density at radius 2 is 1.94 bits per heavy atom. The third-order valence-electron chi connectivity index (χ3n) is 6.69. The largest absolute Gasteiger partial charge is 0.379 e. The summed E-state index contributed by atoms with van der Waals surface area (Å²) >= 11 is 1.43. The molecule has 6 nitrogen and oxygen atoms in total. The van der Waals surface area contributed by atoms with Crippen molar-refractivity contribution in [1.29, 1.82) is 0 Å². The van der Waals surface area contributed by atoms with Crippen molar-refractivity contribution < 1.29 is 13.9 Å². The fraction of sp³-hybridized carbons (Fsp3) is 0.500. The van der Waals surface area contributed by atoms with Gasteiger partial charge >= 0.3 is 0 Å². The zero-order valence-corrected chi connectivity index (χ0v) is 19.0. The van der Waals surface area contributed by atoms with Crippen molar-refractivity contribution in [3.63, 3.8) is 0 Å². The average Bonchev–Trinajstić information content (AvgIpc) is 3.26. The summed E-state index contributed by atoms with van der Waals surface area (Å²) in [6.07, 6.45) is 5.84. The third kappa shape index (κ3) is 4.58. The molecule has 0 unspecified atom stereocenters. The normalized spacial score (nSPS) is 22.3. The smallest absolute Gasteiger partial charge is 0.147 e. The molecule has 0 spiro atoms. The van der Waals surface area contributed by atoms with Crippen molar-refractivity contribution in [3.05, 3.63) is 40.9 Å². The van der Waals surface area contributed by atoms with Gasteiger partial charge in [0, 0.05) is 54.3 Å². The number of Topliss-reactive ketones (excluding diaryl/α,β-unsaturated/α-hetero) is 1. The lowest BCUT2D eigenvalue weighted by Crippen LogP contribution is -2.45. The number of rotatable bonds is 5. The van der Waals surface area contributed by atoms with E-state index in [0.717, 1.165) is 62.4 Å². The van der Waals surface area contributed by atoms with E-state index in [2.05, 4.69) is 20.1 Å². The first-order valence-corrected chi connectivity index (χ1v) is 12.1. The lowest BCUT2D eigenvalue weighted by molar-refractivity contribution is -0.123. The van der Waals surface area contributed by atoms with Crippen LogP contribution in [0.2, 0.25) is 0 Å². The molecule has 0 bridgehead atoms. The quantitative estimate of drug-likeness (QED) is 0.576. The van der Waals surface area contributed by atoms with E-state index in [1.807, 2.05) is 19.1 Å². The summed E-state index contributed by atoms with van der Waals surface area (Å²) in [6.45, 7) is 5.50. The van der Waals surface area contributed by atoms with E-state index < -0.39 is 0 Å². The lowest BCUT2D eigenvalue weighted by Gasteiger charge is -2.38. The highest BCUT2D eigenvalue weighted by atomic mass is 32.1. The molecule has 5 rings (SSSR count). The predicted octanol–water partition coefficient (Wildman–Crippen LogP) is 4.20. The number of halogens is 1. The number of fused-ring (bicyclic) bond motifs is 1. The molecule has 0 atom stereocenters. The Kier molecular flexibility index (Phi) is 6.26. The highest BCUT2D eigenvalue weighted by molar-refractivity contribution is 7.14. The molecule has 1 aliphatic carbocycles. The molecule has 3 heterocycles. The van der Waals surface area contributed by atoms with Gasteiger partial charge in [-0.3, -0.25) is 14.7 Å². The number of ketones is 1. The van der Waals surface area contributed by atoms with Crippen LogP contribution in [0.4, 0.5) is 4.39 Å². The van der Waals surface area contributed by atoms with E-state index >= 15 is 0 Å². The molecule has 2 fully saturated rings. The number of ether oxygens (including phenoxy) is 1. The molecule has 1 saturated heterocycles. The number of morpholine rings is 1. The zero-order valence-electron chi connectivity index (χ0n) is 18.2. The van der Waals surface area contributed by atoms with Gasteiger partial charge in [0.15, 0.2) is 0 Å². The SMILES string of the molecule is Cc1nnc(-c2cc(F)c3cnc(CC(=O)C4CCC(N5CCOCC5)CC4)cc3c2)s1. The van der Waals surface area contributed by atoms with Crippen molar-refractivity contribution >= 4 is 27.9 Å². The number of aromatic nitrogens is 3. The standard InChI is InChI=1S/C24H27FN4O2S/c1-15-27-28-24(32-15)18-10-17-11-19(26-14-21(17)22(25)12-18)13-23(30)16-2-4-20(5-3-16)29-6-8-31-9-7-29/h10-12,14,16,20H,2-9,13H2,1H3. The summed E-state index contributed by atoms with van der Waals surface area (Å²) in [7, 11) is 0. The Balaban J connectivity index is 1.27. The summed E-state index contributed by atoms with van der Waals surface area (Å²) < 4.78 is 20.1. The third-order valence-corrected chi connectivity index (χ3v) is 7.57. The lowest BCUT2D eigenvalue weighted by atomic mass is 9.81. The van der Waals surface area contributed by atoms with Crippen LogP contribution >= 0.6 is 11.3 Å². The Morgan fingerprint density at radius 1 is 1.16 bits per heavy atom. The molecule has 0 N–H and O–H groups in total. The van der Waals surface area contributed by atoms with E-state index in [1.165, 1.54) is 23.6 Å². The minimum Gasteiger partial charge on any atom is -0.379 e. The van der Waals surface area contributed by atoms with Crippen LogP contribution in [0.1, 0.15) is 36.4 Å². The monoisotopic (exact) mass is 454 g/mol. The number of nitrogens with zero attached hydrogens (tertiary/aromatic N) is 4. The molecule has 0 amide bonds. The molecular formula is C24H27FN4O2S. The van der Waals surface area contributed by atoms with Crippen molar-refractivity contribution in [3.8, 4) is 10.6 Å². The van der Waals surface area contributed by atoms with Crippen molar-refractivity contribution in [1.82, 2.24) is 20.1 Å². The molecule has 0 radical (unpaired) electrons. The van der Waals surface area contributed by atoms with Gasteiger partial charge < -0.3 is 4.74 Å². The first-order valence-electron chi connectivity index (χ1n) is 11.3. The van der Waals surface area contributed by atoms with Gasteiger partial charge in [0.05, 0.1) is 13.2 Å². The van der Waals surface area contributed by atoms with E-state index in [-0.39, 0.29) is 17.5 Å². The molecule has 3 aromatic rings. The zero-order chi connectivity index (χ0) is 22.1. The van der Waals surface area contributed by atoms with Crippen LogP contribution in [0, 0.1) is 18.7 Å². The summed E-state index contributed by atoms with van der Waals surface area (Å²) in [5.41, 5.74) is 1.40. The minimum atomic E-state index is -0.336. The summed E-state index contributed by atoms with van der Waals surface area (Å²) in [5, 5.41) is 10.9. The van der Waals surface area contributed by atoms with Gasteiger partial charge in [-0.05, 0) is 56.2 Å². The van der Waals surface area contributed by atoms with Crippen LogP contribution in [0.15, 0.2) is 24.4 Å². The number of hydrogen-bond donors (Lipinski definition) is 0. The number of hydrogen-bond acceptors (Lipinski definition) is 7. The number of benzene rings is 1. The predicted molar refractivity (Wildman–Crippen MR) is 122 cm³/mol. The van der Waals surface area contributed by atoms with Gasteiger partial charge in [0.2, 0.25) is 0 Å². The van der Waals surface area contributed by atoms with Crippen molar-refractivity contribution in [2.75, 3.05) is 26.3 Å². The molecule has 32 heavy (non-hydrogen) atoms. The van der Waals surface area contributed by atoms with Crippen LogP contribution in [0.25, 0.3) is 21.3 Å². The highest BCUT2D eigenvalue weighted by Crippen LogP contribution is 2.31. The second kappa shape index (κ2) is 9.29. The Bertz CT molecular complexity index is 1120. The molecule has 8 heteroatoms. The van der Waals surface area contributed by atoms with Crippen LogP contribution < -0.4 is 0 Å². The number of carbonyl (C=O) groups is 1. The minimum absolute atomic E-state index is 0.0947. The first-order chi connectivity index (χ1) is 15.6. The number of pyridine rings is 1. The topological polar surface area (TPSA) is 68.2 Å². The van der Waals surface area contributed by atoms with Gasteiger partial charge in [0.25, 0.3) is 0 Å². The maximum atomic E-state index is 14.7. The number of carbonyl (C=O) groups excluding carboxylic acids is 1. The molecule has 2 aromatic heterocycles. The van der Waals surface area contributed by atoms with Gasteiger partial charge in [-0.2, -0.15) is 0 Å². The summed E-state index contributed by atoms with van der Waals surface area (Å²) in [6, 6.07) is 5.79. The van der Waals surface area contributed by atoms with Gasteiger partial charge in [-0.15, -0.1) is 10.2 Å². The average molecular weight is 455 g/mol. The molecule has 1 aliphatic heterocycles. The van der Waals surface area contributed by atoms with Crippen LogP contribution in [-0.2, 0) is 16.0 Å².